The zero-order valence-electron chi connectivity index (χ0n) is 16.1. The van der Waals surface area contributed by atoms with Crippen molar-refractivity contribution in [3.63, 3.8) is 0 Å². The first-order valence-corrected chi connectivity index (χ1v) is 8.80. The minimum Gasteiger partial charge on any atom is -0.480 e. The Morgan fingerprint density at radius 2 is 1.80 bits per heavy atom. The van der Waals surface area contributed by atoms with Gasteiger partial charge in [0.05, 0.1) is 0 Å². The van der Waals surface area contributed by atoms with Crippen LogP contribution in [0.2, 0.25) is 0 Å². The summed E-state index contributed by atoms with van der Waals surface area (Å²) >= 11 is 0. The number of ether oxygens (including phenoxy) is 1. The van der Waals surface area contributed by atoms with Gasteiger partial charge in [-0.15, -0.1) is 0 Å². The minimum absolute atomic E-state index is 0.0247. The maximum Gasteiger partial charge on any atom is 0.408 e. The lowest BCUT2D eigenvalue weighted by Crippen LogP contribution is -2.56. The number of nitrogens with zero attached hydrogens (tertiary/aromatic N) is 1. The van der Waals surface area contributed by atoms with E-state index in [2.05, 4.69) is 5.32 Å². The molecule has 0 aromatic carbocycles. The molecule has 0 aromatic heterocycles. The third kappa shape index (κ3) is 3.75. The number of fused-ring (bicyclic) bond motifs is 1. The quantitative estimate of drug-likeness (QED) is 0.806. The van der Waals surface area contributed by atoms with E-state index >= 15 is 0 Å². The molecule has 2 amide bonds. The number of hydrogen-bond donors (Lipinski definition) is 2. The van der Waals surface area contributed by atoms with Crippen molar-refractivity contribution in [2.75, 3.05) is 6.54 Å². The Morgan fingerprint density at radius 3 is 2.24 bits per heavy atom. The number of alkyl carbamates (subject to hydrolysis) is 1. The summed E-state index contributed by atoms with van der Waals surface area (Å²) in [5.41, 5.74) is -0.719. The van der Waals surface area contributed by atoms with E-state index in [0.717, 1.165) is 0 Å². The second-order valence-electron chi connectivity index (χ2n) is 9.10. The highest BCUT2D eigenvalue weighted by molar-refractivity contribution is 5.90. The van der Waals surface area contributed by atoms with Gasteiger partial charge in [0, 0.05) is 12.5 Å². The van der Waals surface area contributed by atoms with Gasteiger partial charge in [-0.25, -0.2) is 9.59 Å². The lowest BCUT2D eigenvalue weighted by Gasteiger charge is -2.33. The molecule has 7 nitrogen and oxygen atoms in total. The topological polar surface area (TPSA) is 95.9 Å². The van der Waals surface area contributed by atoms with Crippen molar-refractivity contribution in [3.8, 4) is 0 Å². The molecule has 1 aliphatic carbocycles. The lowest BCUT2D eigenvalue weighted by atomic mass is 9.98. The van der Waals surface area contributed by atoms with Gasteiger partial charge in [-0.05, 0) is 38.0 Å². The van der Waals surface area contributed by atoms with Crippen molar-refractivity contribution in [3.05, 3.63) is 0 Å². The molecular weight excluding hydrogens is 324 g/mol. The summed E-state index contributed by atoms with van der Waals surface area (Å²) < 4.78 is 5.23. The normalized spacial score (nSPS) is 28.3. The summed E-state index contributed by atoms with van der Waals surface area (Å²) in [6.45, 7) is 13.4. The molecule has 0 bridgehead atoms. The SMILES string of the molecule is CC(C)[C@H](NC(=O)OC(C)(C)C)C(=O)N1CC2C(C1C(=O)O)C2(C)C. The average molecular weight is 354 g/mol. The molecule has 0 aromatic rings. The third-order valence-corrected chi connectivity index (χ3v) is 5.35. The standard InChI is InChI=1S/C18H30N2O5/c1-9(2)12(19-16(24)25-17(3,4)5)14(21)20-8-10-11(18(10,6)7)13(20)15(22)23/h9-13H,8H2,1-7H3,(H,19,24)(H,22,23)/t10?,11?,12-,13?/m0/s1. The first-order valence-electron chi connectivity index (χ1n) is 8.80. The molecule has 0 radical (unpaired) electrons. The highest BCUT2D eigenvalue weighted by atomic mass is 16.6. The smallest absolute Gasteiger partial charge is 0.408 e. The predicted molar refractivity (Wildman–Crippen MR) is 91.9 cm³/mol. The van der Waals surface area contributed by atoms with E-state index in [4.69, 9.17) is 4.74 Å². The Labute approximate surface area is 149 Å². The van der Waals surface area contributed by atoms with Crippen molar-refractivity contribution in [2.45, 2.75) is 66.2 Å². The van der Waals surface area contributed by atoms with Crippen LogP contribution in [0.4, 0.5) is 4.79 Å². The summed E-state index contributed by atoms with van der Waals surface area (Å²) in [5.74, 6) is -1.34. The summed E-state index contributed by atoms with van der Waals surface area (Å²) in [4.78, 5) is 38.2. The number of carboxylic acids is 1. The fraction of sp³-hybridized carbons (Fsp3) is 0.833. The zero-order valence-corrected chi connectivity index (χ0v) is 16.1. The molecule has 2 fully saturated rings. The van der Waals surface area contributed by atoms with Crippen LogP contribution >= 0.6 is 0 Å². The maximum atomic E-state index is 13.0. The molecule has 2 rings (SSSR count). The van der Waals surface area contributed by atoms with Crippen LogP contribution in [0.15, 0.2) is 0 Å². The molecule has 2 aliphatic rings. The van der Waals surface area contributed by atoms with Crippen LogP contribution in [-0.4, -0.2) is 52.2 Å². The Balaban J connectivity index is 2.13. The Kier molecular flexibility index (Phi) is 4.83. The first kappa shape index (κ1) is 19.5. The number of rotatable bonds is 4. The Morgan fingerprint density at radius 1 is 1.24 bits per heavy atom. The molecule has 25 heavy (non-hydrogen) atoms. The second-order valence-corrected chi connectivity index (χ2v) is 9.10. The highest BCUT2D eigenvalue weighted by Gasteiger charge is 2.69. The fourth-order valence-corrected chi connectivity index (χ4v) is 3.92. The molecule has 1 aliphatic heterocycles. The van der Waals surface area contributed by atoms with Crippen molar-refractivity contribution in [1.82, 2.24) is 10.2 Å². The molecule has 7 heteroatoms. The van der Waals surface area contributed by atoms with Crippen molar-refractivity contribution >= 4 is 18.0 Å². The van der Waals surface area contributed by atoms with E-state index in [9.17, 15) is 19.5 Å². The summed E-state index contributed by atoms with van der Waals surface area (Å²) in [6.07, 6.45) is -0.670. The minimum atomic E-state index is -0.980. The molecular formula is C18H30N2O5. The molecule has 1 heterocycles. The average Bonchev–Trinajstić information content (AvgIpc) is 2.82. The van der Waals surface area contributed by atoms with Gasteiger partial charge in [0.1, 0.15) is 17.7 Å². The number of aliphatic carboxylic acids is 1. The number of hydrogen-bond acceptors (Lipinski definition) is 4. The second kappa shape index (κ2) is 6.18. The van der Waals surface area contributed by atoms with Crippen LogP contribution in [0.25, 0.3) is 0 Å². The van der Waals surface area contributed by atoms with Gasteiger partial charge in [-0.3, -0.25) is 4.79 Å². The number of carbonyl (C=O) groups is 3. The Bertz CT molecular complexity index is 579. The van der Waals surface area contributed by atoms with E-state index in [0.29, 0.717) is 6.54 Å². The van der Waals surface area contributed by atoms with Crippen LogP contribution < -0.4 is 5.32 Å². The summed E-state index contributed by atoms with van der Waals surface area (Å²) in [7, 11) is 0. The fourth-order valence-electron chi connectivity index (χ4n) is 3.92. The van der Waals surface area contributed by atoms with Gasteiger partial charge in [-0.2, -0.15) is 0 Å². The van der Waals surface area contributed by atoms with E-state index in [1.165, 1.54) is 4.90 Å². The van der Waals surface area contributed by atoms with Crippen molar-refractivity contribution in [2.24, 2.45) is 23.2 Å². The van der Waals surface area contributed by atoms with Crippen LogP contribution in [0.1, 0.15) is 48.5 Å². The molecule has 2 N–H and O–H groups in total. The van der Waals surface area contributed by atoms with Crippen LogP contribution in [0.5, 0.6) is 0 Å². The molecule has 142 valence electrons. The van der Waals surface area contributed by atoms with Crippen LogP contribution in [0.3, 0.4) is 0 Å². The van der Waals surface area contributed by atoms with E-state index < -0.39 is 29.7 Å². The highest BCUT2D eigenvalue weighted by Crippen LogP contribution is 2.64. The molecule has 1 saturated heterocycles. The van der Waals surface area contributed by atoms with E-state index in [1.54, 1.807) is 20.8 Å². The zero-order chi connectivity index (χ0) is 19.3. The maximum absolute atomic E-state index is 13.0. The van der Waals surface area contributed by atoms with Crippen LogP contribution in [0, 0.1) is 23.2 Å². The third-order valence-electron chi connectivity index (χ3n) is 5.35. The molecule has 4 atom stereocenters. The van der Waals surface area contributed by atoms with Crippen LogP contribution in [-0.2, 0) is 14.3 Å². The molecule has 3 unspecified atom stereocenters. The largest absolute Gasteiger partial charge is 0.480 e. The number of amides is 2. The molecule has 1 saturated carbocycles. The number of likely N-dealkylation sites (tertiary alicyclic amines) is 1. The van der Waals surface area contributed by atoms with Gasteiger partial charge < -0.3 is 20.1 Å². The predicted octanol–water partition coefficient (Wildman–Crippen LogP) is 2.10. The van der Waals surface area contributed by atoms with Gasteiger partial charge >= 0.3 is 12.1 Å². The van der Waals surface area contributed by atoms with Crippen molar-refractivity contribution in [1.29, 1.82) is 0 Å². The van der Waals surface area contributed by atoms with Gasteiger partial charge in [-0.1, -0.05) is 27.7 Å². The van der Waals surface area contributed by atoms with Gasteiger partial charge in [0.2, 0.25) is 5.91 Å². The molecule has 0 spiro atoms. The van der Waals surface area contributed by atoms with Crippen molar-refractivity contribution < 1.29 is 24.2 Å². The summed E-state index contributed by atoms with van der Waals surface area (Å²) in [5, 5.41) is 12.2. The lowest BCUT2D eigenvalue weighted by molar-refractivity contribution is -0.151. The first-order chi connectivity index (χ1) is 11.3. The number of carboxylic acid groups (broad SMARTS) is 1. The number of piperidine rings is 1. The van der Waals surface area contributed by atoms with Gasteiger partial charge in [0.25, 0.3) is 0 Å². The number of carbonyl (C=O) groups excluding carboxylic acids is 2. The number of nitrogens with one attached hydrogen (secondary N) is 1. The monoisotopic (exact) mass is 354 g/mol. The van der Waals surface area contributed by atoms with E-state index in [-0.39, 0.29) is 29.1 Å². The Hall–Kier alpha value is -1.79. The van der Waals surface area contributed by atoms with Gasteiger partial charge in [0.15, 0.2) is 0 Å². The van der Waals surface area contributed by atoms with E-state index in [1.807, 2.05) is 27.7 Å². The summed E-state index contributed by atoms with van der Waals surface area (Å²) in [6, 6.07) is -1.63.